The van der Waals surface area contributed by atoms with E-state index in [2.05, 4.69) is 15.3 Å². The van der Waals surface area contributed by atoms with Crippen LogP contribution in [0.3, 0.4) is 0 Å². The lowest BCUT2D eigenvalue weighted by Crippen LogP contribution is -2.35. The van der Waals surface area contributed by atoms with Gasteiger partial charge in [0.2, 0.25) is 11.3 Å². The molecule has 0 saturated heterocycles. The van der Waals surface area contributed by atoms with Crippen LogP contribution < -0.4 is 21.4 Å². The normalized spacial score (nSPS) is 11.1. The van der Waals surface area contributed by atoms with Crippen molar-refractivity contribution in [2.75, 3.05) is 22.5 Å². The zero-order valence-electron chi connectivity index (χ0n) is 19.5. The molecule has 0 unspecified atom stereocenters. The molecule has 2 aromatic heterocycles. The number of anilines is 3. The lowest BCUT2D eigenvalue weighted by atomic mass is 10.1. The number of carbonyl (C=O) groups excluding carboxylic acids is 2. The van der Waals surface area contributed by atoms with E-state index in [-0.39, 0.29) is 29.8 Å². The van der Waals surface area contributed by atoms with Gasteiger partial charge in [-0.25, -0.2) is 9.37 Å². The number of nitrogens with two attached hydrogens (primary N) is 1. The average molecular weight is 516 g/mol. The van der Waals surface area contributed by atoms with Gasteiger partial charge in [-0.3, -0.25) is 19.3 Å². The molecule has 186 valence electrons. The Bertz CT molecular complexity index is 1660. The first-order chi connectivity index (χ1) is 17.9. The molecule has 4 N–H and O–H groups in total. The summed E-state index contributed by atoms with van der Waals surface area (Å²) >= 11 is 1.31. The fourth-order valence-corrected chi connectivity index (χ4v) is 4.97. The number of hydrogen-bond donors (Lipinski definition) is 3. The second-order valence-corrected chi connectivity index (χ2v) is 9.39. The van der Waals surface area contributed by atoms with Crippen molar-refractivity contribution in [1.82, 2.24) is 9.97 Å². The molecule has 5 rings (SSSR count). The number of nitrogen functional groups attached to an aromatic ring is 1. The Labute approximate surface area is 214 Å². The second-order valence-electron chi connectivity index (χ2n) is 8.38. The molecule has 0 bridgehead atoms. The van der Waals surface area contributed by atoms with E-state index in [1.165, 1.54) is 34.6 Å². The van der Waals surface area contributed by atoms with E-state index in [4.69, 9.17) is 5.73 Å². The van der Waals surface area contributed by atoms with Crippen LogP contribution in [-0.4, -0.2) is 28.3 Å². The fourth-order valence-electron chi connectivity index (χ4n) is 3.98. The summed E-state index contributed by atoms with van der Waals surface area (Å²) in [4.78, 5) is 48.2. The summed E-state index contributed by atoms with van der Waals surface area (Å²) in [5.41, 5.74) is 7.28. The number of benzene rings is 3. The van der Waals surface area contributed by atoms with Gasteiger partial charge < -0.3 is 16.0 Å². The molecular formula is C27H22FN5O3S. The molecule has 3 aromatic carbocycles. The maximum atomic E-state index is 13.8. The van der Waals surface area contributed by atoms with Crippen LogP contribution >= 0.6 is 11.3 Å². The van der Waals surface area contributed by atoms with E-state index in [0.717, 1.165) is 10.8 Å². The molecule has 0 aliphatic rings. The summed E-state index contributed by atoms with van der Waals surface area (Å²) in [5, 5.41) is 3.25. The van der Waals surface area contributed by atoms with Gasteiger partial charge in [-0.1, -0.05) is 35.6 Å². The van der Waals surface area contributed by atoms with Gasteiger partial charge >= 0.3 is 0 Å². The van der Waals surface area contributed by atoms with Gasteiger partial charge in [0.05, 0.1) is 21.6 Å². The molecule has 0 aliphatic heterocycles. The smallest absolute Gasteiger partial charge is 0.265 e. The molecule has 2 heterocycles. The van der Waals surface area contributed by atoms with Crippen molar-refractivity contribution in [3.63, 3.8) is 0 Å². The Hall–Kier alpha value is -4.57. The van der Waals surface area contributed by atoms with Gasteiger partial charge in [0, 0.05) is 30.1 Å². The molecule has 0 saturated carbocycles. The van der Waals surface area contributed by atoms with Gasteiger partial charge in [-0.05, 0) is 48.9 Å². The number of nitrogens with one attached hydrogen (secondary N) is 2. The number of fused-ring (bicyclic) bond motifs is 2. The third-order valence-corrected chi connectivity index (χ3v) is 6.91. The van der Waals surface area contributed by atoms with Crippen molar-refractivity contribution in [2.45, 2.75) is 12.8 Å². The van der Waals surface area contributed by atoms with E-state index in [1.54, 1.807) is 24.3 Å². The number of nitrogens with zero attached hydrogens (tertiary/aromatic N) is 2. The van der Waals surface area contributed by atoms with Crippen LogP contribution in [0.15, 0.2) is 77.7 Å². The van der Waals surface area contributed by atoms with Crippen molar-refractivity contribution >= 4 is 60.8 Å². The number of H-pyrrole nitrogens is 1. The van der Waals surface area contributed by atoms with Gasteiger partial charge in [-0.2, -0.15) is 0 Å². The number of aromatic nitrogens is 2. The fraction of sp³-hybridized carbons (Fsp3) is 0.111. The summed E-state index contributed by atoms with van der Waals surface area (Å²) in [7, 11) is 0. The number of pyridine rings is 1. The standard InChI is InChI=1S/C27H22FN5O3S/c28-16-11-12-20-17(14-16)25(35)18(15-30-20)26(36)33(27-32-22-8-3-4-9-23(22)37-27)13-5-10-24(34)31-21-7-2-1-6-19(21)29/h1-4,6-9,11-12,14-15H,5,10,13,29H2,(H,30,35)(H,31,34). The van der Waals surface area contributed by atoms with Crippen LogP contribution in [0.1, 0.15) is 23.2 Å². The summed E-state index contributed by atoms with van der Waals surface area (Å²) < 4.78 is 14.7. The van der Waals surface area contributed by atoms with Crippen LogP contribution in [-0.2, 0) is 4.79 Å². The monoisotopic (exact) mass is 515 g/mol. The first-order valence-electron chi connectivity index (χ1n) is 11.5. The summed E-state index contributed by atoms with van der Waals surface area (Å²) in [5.74, 6) is -1.41. The summed E-state index contributed by atoms with van der Waals surface area (Å²) in [6.07, 6.45) is 1.75. The molecule has 8 nitrogen and oxygen atoms in total. The largest absolute Gasteiger partial charge is 0.397 e. The zero-order valence-corrected chi connectivity index (χ0v) is 20.3. The lowest BCUT2D eigenvalue weighted by molar-refractivity contribution is -0.116. The maximum absolute atomic E-state index is 13.8. The van der Waals surface area contributed by atoms with E-state index < -0.39 is 17.2 Å². The third kappa shape index (κ3) is 5.05. The SMILES string of the molecule is Nc1ccccc1NC(=O)CCCN(C(=O)c1c[nH]c2ccc(F)cc2c1=O)c1nc2ccccc2s1. The van der Waals surface area contributed by atoms with Crippen molar-refractivity contribution in [3.8, 4) is 0 Å². The number of carbonyl (C=O) groups is 2. The highest BCUT2D eigenvalue weighted by molar-refractivity contribution is 7.22. The van der Waals surface area contributed by atoms with E-state index in [1.807, 2.05) is 24.3 Å². The molecule has 0 fully saturated rings. The Balaban J connectivity index is 1.42. The molecule has 0 atom stereocenters. The third-order valence-electron chi connectivity index (χ3n) is 5.85. The second kappa shape index (κ2) is 10.2. The average Bonchev–Trinajstić information content (AvgIpc) is 3.32. The molecular weight excluding hydrogens is 493 g/mol. The van der Waals surface area contributed by atoms with Crippen molar-refractivity contribution in [2.24, 2.45) is 0 Å². The van der Waals surface area contributed by atoms with Crippen LogP contribution in [0, 0.1) is 5.82 Å². The Morgan fingerprint density at radius 2 is 1.86 bits per heavy atom. The number of rotatable bonds is 7. The maximum Gasteiger partial charge on any atom is 0.265 e. The van der Waals surface area contributed by atoms with Gasteiger partial charge in [-0.15, -0.1) is 0 Å². The Kier molecular flexibility index (Phi) is 6.65. The number of hydrogen-bond acceptors (Lipinski definition) is 6. The molecule has 10 heteroatoms. The minimum Gasteiger partial charge on any atom is -0.397 e. The van der Waals surface area contributed by atoms with Crippen LogP contribution in [0.2, 0.25) is 0 Å². The number of aromatic amines is 1. The highest BCUT2D eigenvalue weighted by Crippen LogP contribution is 2.30. The van der Waals surface area contributed by atoms with E-state index in [9.17, 15) is 18.8 Å². The first kappa shape index (κ1) is 24.1. The predicted octanol–water partition coefficient (Wildman–Crippen LogP) is 4.92. The van der Waals surface area contributed by atoms with Gasteiger partial charge in [0.15, 0.2) is 5.13 Å². The van der Waals surface area contributed by atoms with Crippen LogP contribution in [0.5, 0.6) is 0 Å². The Morgan fingerprint density at radius 1 is 1.08 bits per heavy atom. The topological polar surface area (TPSA) is 121 Å². The highest BCUT2D eigenvalue weighted by Gasteiger charge is 2.24. The summed E-state index contributed by atoms with van der Waals surface area (Å²) in [6, 6.07) is 18.2. The quantitative estimate of drug-likeness (QED) is 0.266. The lowest BCUT2D eigenvalue weighted by Gasteiger charge is -2.20. The number of thiazole rings is 1. The first-order valence-corrected chi connectivity index (χ1v) is 12.3. The minimum absolute atomic E-state index is 0.0786. The zero-order chi connectivity index (χ0) is 25.9. The molecule has 2 amide bonds. The van der Waals surface area contributed by atoms with E-state index in [0.29, 0.717) is 34.0 Å². The van der Waals surface area contributed by atoms with Crippen molar-refractivity contribution in [3.05, 3.63) is 94.5 Å². The number of halogens is 1. The van der Waals surface area contributed by atoms with Crippen molar-refractivity contribution < 1.29 is 14.0 Å². The predicted molar refractivity (Wildman–Crippen MR) is 145 cm³/mol. The number of amides is 2. The highest BCUT2D eigenvalue weighted by atomic mass is 32.1. The van der Waals surface area contributed by atoms with Gasteiger partial charge in [0.25, 0.3) is 5.91 Å². The molecule has 0 spiro atoms. The van der Waals surface area contributed by atoms with Crippen molar-refractivity contribution in [1.29, 1.82) is 0 Å². The van der Waals surface area contributed by atoms with Crippen LogP contribution in [0.4, 0.5) is 20.9 Å². The molecule has 0 radical (unpaired) electrons. The minimum atomic E-state index is -0.584. The van der Waals surface area contributed by atoms with Gasteiger partial charge in [0.1, 0.15) is 11.4 Å². The Morgan fingerprint density at radius 3 is 2.68 bits per heavy atom. The molecule has 5 aromatic rings. The molecule has 37 heavy (non-hydrogen) atoms. The van der Waals surface area contributed by atoms with E-state index >= 15 is 0 Å². The summed E-state index contributed by atoms with van der Waals surface area (Å²) in [6.45, 7) is 0.136. The number of para-hydroxylation sites is 3. The van der Waals surface area contributed by atoms with Crippen LogP contribution in [0.25, 0.3) is 21.1 Å². The molecule has 0 aliphatic carbocycles.